The lowest BCUT2D eigenvalue weighted by atomic mass is 10.1. The highest BCUT2D eigenvalue weighted by atomic mass is 19.4. The van der Waals surface area contributed by atoms with Crippen molar-refractivity contribution in [1.82, 2.24) is 4.90 Å². The number of hydrogen-bond donors (Lipinski definition) is 1. The fourth-order valence-corrected chi connectivity index (χ4v) is 1.68. The van der Waals surface area contributed by atoms with Crippen LogP contribution in [-0.2, 0) is 6.54 Å². The van der Waals surface area contributed by atoms with E-state index in [0.29, 0.717) is 5.56 Å². The smallest absolute Gasteiger partial charge is 0.401 e. The lowest BCUT2D eigenvalue weighted by Crippen LogP contribution is -2.30. The number of benzene rings is 1. The molecule has 0 aliphatic heterocycles. The fraction of sp³-hybridized carbons (Fsp3) is 0.417. The lowest BCUT2D eigenvalue weighted by Gasteiger charge is -2.19. The first-order valence-electron chi connectivity index (χ1n) is 5.38. The van der Waals surface area contributed by atoms with Gasteiger partial charge in [-0.2, -0.15) is 13.2 Å². The van der Waals surface area contributed by atoms with Crippen LogP contribution in [0.3, 0.4) is 0 Å². The van der Waals surface area contributed by atoms with E-state index >= 15 is 0 Å². The predicted molar refractivity (Wildman–Crippen MR) is 62.3 cm³/mol. The van der Waals surface area contributed by atoms with Crippen LogP contribution in [0.5, 0.6) is 5.75 Å². The number of carbonyl (C=O) groups is 1. The summed E-state index contributed by atoms with van der Waals surface area (Å²) in [5.41, 5.74) is 0.526. The minimum Gasteiger partial charge on any atom is -0.496 e. The molecule has 1 aromatic rings. The number of nitrogens with zero attached hydrogens (tertiary/aromatic N) is 1. The number of rotatable bonds is 5. The molecular formula is C12H14F3NO3. The van der Waals surface area contributed by atoms with Gasteiger partial charge in [0.05, 0.1) is 13.7 Å². The summed E-state index contributed by atoms with van der Waals surface area (Å²) in [5, 5.41) is 8.88. The molecule has 0 atom stereocenters. The average Bonchev–Trinajstić information content (AvgIpc) is 2.25. The van der Waals surface area contributed by atoms with Gasteiger partial charge in [-0.1, -0.05) is 6.07 Å². The van der Waals surface area contributed by atoms with Crippen LogP contribution in [0, 0.1) is 0 Å². The second kappa shape index (κ2) is 5.92. The van der Waals surface area contributed by atoms with E-state index in [2.05, 4.69) is 0 Å². The van der Waals surface area contributed by atoms with Gasteiger partial charge in [-0.15, -0.1) is 0 Å². The Bertz CT molecular complexity index is 460. The molecule has 4 nitrogen and oxygen atoms in total. The van der Waals surface area contributed by atoms with Gasteiger partial charge < -0.3 is 9.84 Å². The Labute approximate surface area is 108 Å². The van der Waals surface area contributed by atoms with Crippen molar-refractivity contribution in [3.8, 4) is 5.75 Å². The van der Waals surface area contributed by atoms with Gasteiger partial charge >= 0.3 is 12.1 Å². The molecule has 0 saturated heterocycles. The van der Waals surface area contributed by atoms with Crippen LogP contribution in [0.15, 0.2) is 18.2 Å². The topological polar surface area (TPSA) is 49.8 Å². The van der Waals surface area contributed by atoms with E-state index in [9.17, 15) is 18.0 Å². The minimum atomic E-state index is -4.26. The van der Waals surface area contributed by atoms with Crippen molar-refractivity contribution in [3.05, 3.63) is 29.3 Å². The van der Waals surface area contributed by atoms with Crippen molar-refractivity contribution >= 4 is 5.97 Å². The summed E-state index contributed by atoms with van der Waals surface area (Å²) < 4.78 is 41.4. The molecule has 7 heteroatoms. The number of alkyl halides is 3. The number of ether oxygens (including phenoxy) is 1. The Balaban J connectivity index is 2.83. The molecule has 0 fully saturated rings. The lowest BCUT2D eigenvalue weighted by molar-refractivity contribution is -0.144. The summed E-state index contributed by atoms with van der Waals surface area (Å²) in [6, 6.07) is 4.22. The number of hydrogen-bond acceptors (Lipinski definition) is 3. The van der Waals surface area contributed by atoms with E-state index in [4.69, 9.17) is 9.84 Å². The molecule has 1 N–H and O–H groups in total. The summed E-state index contributed by atoms with van der Waals surface area (Å²) in [7, 11) is 2.65. The van der Waals surface area contributed by atoms with Crippen molar-refractivity contribution in [2.24, 2.45) is 0 Å². The van der Waals surface area contributed by atoms with E-state index in [0.717, 1.165) is 4.90 Å². The maximum atomic E-state index is 12.2. The van der Waals surface area contributed by atoms with Crippen LogP contribution < -0.4 is 4.74 Å². The molecule has 0 aliphatic carbocycles. The summed E-state index contributed by atoms with van der Waals surface area (Å²) in [5.74, 6) is -1.02. The zero-order valence-corrected chi connectivity index (χ0v) is 10.5. The molecule has 0 aromatic heterocycles. The predicted octanol–water partition coefficient (Wildman–Crippen LogP) is 2.39. The van der Waals surface area contributed by atoms with Crippen molar-refractivity contribution in [3.63, 3.8) is 0 Å². The first-order chi connectivity index (χ1) is 8.73. The van der Waals surface area contributed by atoms with Crippen LogP contribution in [0.2, 0.25) is 0 Å². The first-order valence-corrected chi connectivity index (χ1v) is 5.38. The molecule has 0 saturated carbocycles. The maximum absolute atomic E-state index is 12.2. The van der Waals surface area contributed by atoms with Crippen molar-refractivity contribution < 1.29 is 27.8 Å². The molecule has 0 radical (unpaired) electrons. The quantitative estimate of drug-likeness (QED) is 0.897. The van der Waals surface area contributed by atoms with Gasteiger partial charge in [0.15, 0.2) is 0 Å². The summed E-state index contributed by atoms with van der Waals surface area (Å²) in [6.07, 6.45) is -4.26. The van der Waals surface area contributed by atoms with E-state index in [1.54, 1.807) is 0 Å². The maximum Gasteiger partial charge on any atom is 0.401 e. The SMILES string of the molecule is COc1cc(CN(C)CC(F)(F)F)ccc1C(=O)O. The van der Waals surface area contributed by atoms with Gasteiger partial charge in [0.1, 0.15) is 11.3 Å². The van der Waals surface area contributed by atoms with Crippen LogP contribution >= 0.6 is 0 Å². The molecule has 0 spiro atoms. The van der Waals surface area contributed by atoms with Gasteiger partial charge in [-0.05, 0) is 24.7 Å². The van der Waals surface area contributed by atoms with E-state index in [-0.39, 0.29) is 17.9 Å². The monoisotopic (exact) mass is 277 g/mol. The number of methoxy groups -OCH3 is 1. The fourth-order valence-electron chi connectivity index (χ4n) is 1.68. The Morgan fingerprint density at radius 2 is 2.05 bits per heavy atom. The third-order valence-electron chi connectivity index (χ3n) is 2.40. The number of halogens is 3. The summed E-state index contributed by atoms with van der Waals surface area (Å²) in [4.78, 5) is 12.0. The van der Waals surface area contributed by atoms with E-state index in [1.165, 1.54) is 32.4 Å². The largest absolute Gasteiger partial charge is 0.496 e. The van der Waals surface area contributed by atoms with Gasteiger partial charge in [0.25, 0.3) is 0 Å². The molecule has 1 rings (SSSR count). The third-order valence-corrected chi connectivity index (χ3v) is 2.40. The summed E-state index contributed by atoms with van der Waals surface area (Å²) >= 11 is 0. The van der Waals surface area contributed by atoms with Crippen LogP contribution in [-0.4, -0.2) is 42.9 Å². The molecule has 1 aromatic carbocycles. The molecule has 0 heterocycles. The van der Waals surface area contributed by atoms with Gasteiger partial charge in [0.2, 0.25) is 0 Å². The highest BCUT2D eigenvalue weighted by Crippen LogP contribution is 2.22. The van der Waals surface area contributed by atoms with Crippen LogP contribution in [0.4, 0.5) is 13.2 Å². The third kappa shape index (κ3) is 4.78. The Kier molecular flexibility index (Phi) is 4.77. The minimum absolute atomic E-state index is 0.0234. The van der Waals surface area contributed by atoms with Crippen molar-refractivity contribution in [2.45, 2.75) is 12.7 Å². The van der Waals surface area contributed by atoms with Crippen LogP contribution in [0.25, 0.3) is 0 Å². The summed E-state index contributed by atoms with van der Waals surface area (Å²) in [6.45, 7) is -0.980. The van der Waals surface area contributed by atoms with Gasteiger partial charge in [-0.25, -0.2) is 4.79 Å². The number of carboxylic acid groups (broad SMARTS) is 1. The molecule has 19 heavy (non-hydrogen) atoms. The first kappa shape index (κ1) is 15.3. The average molecular weight is 277 g/mol. The Morgan fingerprint density at radius 1 is 1.42 bits per heavy atom. The zero-order valence-electron chi connectivity index (χ0n) is 10.5. The van der Waals surface area contributed by atoms with E-state index in [1.807, 2.05) is 0 Å². The molecule has 0 unspecified atom stereocenters. The molecule has 0 amide bonds. The highest BCUT2D eigenvalue weighted by Gasteiger charge is 2.29. The van der Waals surface area contributed by atoms with Gasteiger partial charge in [-0.3, -0.25) is 4.90 Å². The van der Waals surface area contributed by atoms with Gasteiger partial charge in [0, 0.05) is 6.54 Å². The van der Waals surface area contributed by atoms with Crippen molar-refractivity contribution in [2.75, 3.05) is 20.7 Å². The normalized spacial score (nSPS) is 11.7. The molecule has 0 bridgehead atoms. The van der Waals surface area contributed by atoms with E-state index < -0.39 is 18.7 Å². The zero-order chi connectivity index (χ0) is 14.6. The Hall–Kier alpha value is -1.76. The molecule has 106 valence electrons. The highest BCUT2D eigenvalue weighted by molar-refractivity contribution is 5.90. The van der Waals surface area contributed by atoms with Crippen LogP contribution in [0.1, 0.15) is 15.9 Å². The van der Waals surface area contributed by atoms with Crippen molar-refractivity contribution in [1.29, 1.82) is 0 Å². The molecule has 0 aliphatic rings. The Morgan fingerprint density at radius 3 is 2.53 bits per heavy atom. The number of aromatic carboxylic acids is 1. The number of carboxylic acids is 1. The molecular weight excluding hydrogens is 263 g/mol. The second-order valence-electron chi connectivity index (χ2n) is 4.13. The second-order valence-corrected chi connectivity index (χ2v) is 4.13. The standard InChI is InChI=1S/C12H14F3NO3/c1-16(7-12(13,14)15)6-8-3-4-9(11(17)18)10(5-8)19-2/h3-5H,6-7H2,1-2H3,(H,17,18).